The summed E-state index contributed by atoms with van der Waals surface area (Å²) in [7, 11) is 0. The number of hydrogen-bond donors (Lipinski definition) is 0. The molecule has 0 N–H and O–H groups in total. The topological polar surface area (TPSA) is 26.3 Å². The van der Waals surface area contributed by atoms with Gasteiger partial charge in [0.05, 0.1) is 12.5 Å². The molecule has 0 aromatic heterocycles. The fourth-order valence-electron chi connectivity index (χ4n) is 0.718. The molecular weight excluding hydrogens is 135 g/mol. The Morgan fingerprint density at radius 1 is 1.80 bits per heavy atom. The van der Waals surface area contributed by atoms with Gasteiger partial charge in [-0.2, -0.15) is 0 Å². The second kappa shape index (κ2) is 2.99. The highest BCUT2D eigenvalue weighted by Gasteiger charge is 2.44. The molecular formula is C7H11FO2. The molecule has 2 nitrogen and oxygen atoms in total. The first-order chi connectivity index (χ1) is 4.75. The van der Waals surface area contributed by atoms with E-state index in [1.807, 2.05) is 6.92 Å². The summed E-state index contributed by atoms with van der Waals surface area (Å²) in [6.45, 7) is 2.33. The number of halogens is 1. The van der Waals surface area contributed by atoms with Gasteiger partial charge in [0.1, 0.15) is 6.17 Å². The molecule has 58 valence electrons. The van der Waals surface area contributed by atoms with Crippen LogP contribution in [0.2, 0.25) is 0 Å². The van der Waals surface area contributed by atoms with Crippen molar-refractivity contribution in [2.75, 3.05) is 6.61 Å². The molecule has 0 heterocycles. The fourth-order valence-corrected chi connectivity index (χ4v) is 0.718. The van der Waals surface area contributed by atoms with Crippen molar-refractivity contribution >= 4 is 5.97 Å². The van der Waals surface area contributed by atoms with E-state index < -0.39 is 12.1 Å². The van der Waals surface area contributed by atoms with Crippen LogP contribution in [0.15, 0.2) is 0 Å². The second-order valence-electron chi connectivity index (χ2n) is 2.53. The maximum Gasteiger partial charge on any atom is 0.312 e. The molecule has 0 amide bonds. The van der Waals surface area contributed by atoms with Crippen LogP contribution in [0.1, 0.15) is 19.8 Å². The molecule has 1 aliphatic carbocycles. The lowest BCUT2D eigenvalue weighted by Crippen LogP contribution is -2.08. The van der Waals surface area contributed by atoms with Gasteiger partial charge < -0.3 is 4.74 Å². The number of esters is 1. The van der Waals surface area contributed by atoms with Gasteiger partial charge in [-0.1, -0.05) is 6.92 Å². The van der Waals surface area contributed by atoms with Crippen molar-refractivity contribution in [3.8, 4) is 0 Å². The predicted octanol–water partition coefficient (Wildman–Crippen LogP) is 1.30. The van der Waals surface area contributed by atoms with E-state index in [4.69, 9.17) is 4.74 Å². The van der Waals surface area contributed by atoms with Crippen LogP contribution in [0.3, 0.4) is 0 Å². The van der Waals surface area contributed by atoms with E-state index in [1.165, 1.54) is 0 Å². The average molecular weight is 146 g/mol. The zero-order valence-corrected chi connectivity index (χ0v) is 5.97. The third kappa shape index (κ3) is 1.69. The molecule has 0 aromatic rings. The van der Waals surface area contributed by atoms with Gasteiger partial charge in [-0.3, -0.25) is 4.79 Å². The summed E-state index contributed by atoms with van der Waals surface area (Å²) in [4.78, 5) is 10.7. The molecule has 0 saturated heterocycles. The lowest BCUT2D eigenvalue weighted by Gasteiger charge is -1.98. The van der Waals surface area contributed by atoms with Crippen molar-refractivity contribution in [2.45, 2.75) is 25.9 Å². The zero-order valence-electron chi connectivity index (χ0n) is 5.97. The lowest BCUT2D eigenvalue weighted by atomic mass is 10.4. The molecule has 0 aromatic carbocycles. The normalized spacial score (nSPS) is 29.8. The molecule has 0 bridgehead atoms. The summed E-state index contributed by atoms with van der Waals surface area (Å²) in [5.41, 5.74) is 0. The van der Waals surface area contributed by atoms with Gasteiger partial charge >= 0.3 is 5.97 Å². The molecule has 3 heteroatoms. The van der Waals surface area contributed by atoms with Gasteiger partial charge in [0.15, 0.2) is 0 Å². The SMILES string of the molecule is CCCOC(=O)[C@@H]1C[C@@H]1F. The van der Waals surface area contributed by atoms with E-state index in [0.717, 1.165) is 6.42 Å². The zero-order chi connectivity index (χ0) is 7.56. The van der Waals surface area contributed by atoms with Gasteiger partial charge in [0, 0.05) is 0 Å². The van der Waals surface area contributed by atoms with Crippen LogP contribution in [0.5, 0.6) is 0 Å². The van der Waals surface area contributed by atoms with E-state index in [2.05, 4.69) is 0 Å². The fraction of sp³-hybridized carbons (Fsp3) is 0.857. The Morgan fingerprint density at radius 3 is 2.80 bits per heavy atom. The predicted molar refractivity (Wildman–Crippen MR) is 34.3 cm³/mol. The minimum absolute atomic E-state index is 0.364. The summed E-state index contributed by atoms with van der Waals surface area (Å²) < 4.78 is 16.9. The van der Waals surface area contributed by atoms with Crippen molar-refractivity contribution in [2.24, 2.45) is 5.92 Å². The molecule has 2 atom stereocenters. The van der Waals surface area contributed by atoms with Crippen molar-refractivity contribution in [3.05, 3.63) is 0 Å². The monoisotopic (exact) mass is 146 g/mol. The van der Waals surface area contributed by atoms with E-state index in [-0.39, 0.29) is 5.97 Å². The summed E-state index contributed by atoms with van der Waals surface area (Å²) >= 11 is 0. The Kier molecular flexibility index (Phi) is 2.25. The van der Waals surface area contributed by atoms with Gasteiger partial charge in [-0.05, 0) is 12.8 Å². The van der Waals surface area contributed by atoms with Gasteiger partial charge in [0.2, 0.25) is 0 Å². The number of alkyl halides is 1. The minimum Gasteiger partial charge on any atom is -0.465 e. The number of hydrogen-bond acceptors (Lipinski definition) is 2. The molecule has 0 spiro atoms. The highest BCUT2D eigenvalue weighted by atomic mass is 19.1. The molecule has 1 saturated carbocycles. The second-order valence-corrected chi connectivity index (χ2v) is 2.53. The van der Waals surface area contributed by atoms with E-state index in [9.17, 15) is 9.18 Å². The highest BCUT2D eigenvalue weighted by molar-refractivity contribution is 5.76. The van der Waals surface area contributed by atoms with Crippen molar-refractivity contribution in [1.29, 1.82) is 0 Å². The van der Waals surface area contributed by atoms with Gasteiger partial charge in [-0.15, -0.1) is 0 Å². The first kappa shape index (κ1) is 7.51. The summed E-state index contributed by atoms with van der Waals surface area (Å²) in [6.07, 6.45) is 0.238. The number of rotatable bonds is 3. The van der Waals surface area contributed by atoms with Crippen LogP contribution in [-0.2, 0) is 9.53 Å². The Balaban J connectivity index is 2.11. The third-order valence-corrected chi connectivity index (χ3v) is 1.46. The number of carbonyl (C=O) groups is 1. The maximum atomic E-state index is 12.2. The molecule has 0 unspecified atom stereocenters. The Labute approximate surface area is 59.4 Å². The van der Waals surface area contributed by atoms with Gasteiger partial charge in [0.25, 0.3) is 0 Å². The molecule has 1 rings (SSSR count). The van der Waals surface area contributed by atoms with Crippen LogP contribution in [0.25, 0.3) is 0 Å². The van der Waals surface area contributed by atoms with Crippen molar-refractivity contribution in [1.82, 2.24) is 0 Å². The largest absolute Gasteiger partial charge is 0.465 e. The minimum atomic E-state index is -0.927. The van der Waals surface area contributed by atoms with E-state index in [0.29, 0.717) is 13.0 Å². The molecule has 1 aliphatic rings. The Hall–Kier alpha value is -0.600. The standard InChI is InChI=1S/C7H11FO2/c1-2-3-10-7(9)5-4-6(5)8/h5-6H,2-4H2,1H3/t5-,6+/m1/s1. The smallest absolute Gasteiger partial charge is 0.312 e. The van der Waals surface area contributed by atoms with E-state index >= 15 is 0 Å². The quantitative estimate of drug-likeness (QED) is 0.561. The van der Waals surface area contributed by atoms with Crippen LogP contribution in [-0.4, -0.2) is 18.7 Å². The van der Waals surface area contributed by atoms with Crippen molar-refractivity contribution in [3.63, 3.8) is 0 Å². The van der Waals surface area contributed by atoms with Crippen molar-refractivity contribution < 1.29 is 13.9 Å². The molecule has 10 heavy (non-hydrogen) atoms. The highest BCUT2D eigenvalue weighted by Crippen LogP contribution is 2.34. The van der Waals surface area contributed by atoms with Crippen LogP contribution in [0.4, 0.5) is 4.39 Å². The van der Waals surface area contributed by atoms with E-state index in [1.54, 1.807) is 0 Å². The summed E-state index contributed by atoms with van der Waals surface area (Å²) in [6, 6.07) is 0. The summed E-state index contributed by atoms with van der Waals surface area (Å²) in [5.74, 6) is -0.805. The molecule has 1 fully saturated rings. The average Bonchev–Trinajstić information content (AvgIpc) is 2.62. The number of ether oxygens (including phenoxy) is 1. The van der Waals surface area contributed by atoms with Gasteiger partial charge in [-0.25, -0.2) is 4.39 Å². The third-order valence-electron chi connectivity index (χ3n) is 1.46. The number of carbonyl (C=O) groups excluding carboxylic acids is 1. The molecule has 0 radical (unpaired) electrons. The molecule has 0 aliphatic heterocycles. The van der Waals surface area contributed by atoms with Crippen LogP contribution >= 0.6 is 0 Å². The Bertz CT molecular complexity index is 136. The lowest BCUT2D eigenvalue weighted by molar-refractivity contribution is -0.145. The summed E-state index contributed by atoms with van der Waals surface area (Å²) in [5, 5.41) is 0. The van der Waals surface area contributed by atoms with Crippen LogP contribution in [0, 0.1) is 5.92 Å². The first-order valence-electron chi connectivity index (χ1n) is 3.56. The van der Waals surface area contributed by atoms with Crippen LogP contribution < -0.4 is 0 Å². The Morgan fingerprint density at radius 2 is 2.40 bits per heavy atom. The maximum absolute atomic E-state index is 12.2. The first-order valence-corrected chi connectivity index (χ1v) is 3.56.